The van der Waals surface area contributed by atoms with Gasteiger partial charge in [-0.1, -0.05) is 60.7 Å². The van der Waals surface area contributed by atoms with Gasteiger partial charge in [0.25, 0.3) is 11.8 Å². The topological polar surface area (TPSA) is 128 Å². The number of aliphatic hydroxyl groups is 2. The van der Waals surface area contributed by atoms with Gasteiger partial charge in [0.1, 0.15) is 6.61 Å². The van der Waals surface area contributed by atoms with Crippen LogP contribution in [0.5, 0.6) is 0 Å². The molecule has 0 aliphatic rings. The first-order chi connectivity index (χ1) is 16.2. The lowest BCUT2D eigenvalue weighted by Crippen LogP contribution is -2.55. The van der Waals surface area contributed by atoms with E-state index in [1.165, 1.54) is 6.92 Å². The third-order valence-corrected chi connectivity index (χ3v) is 5.59. The molecule has 8 heteroatoms. The Hall–Kier alpha value is -3.59. The number of aliphatic hydroxyl groups excluding tert-OH is 1. The zero-order valence-electron chi connectivity index (χ0n) is 19.2. The van der Waals surface area contributed by atoms with Crippen molar-refractivity contribution in [2.24, 2.45) is 0 Å². The van der Waals surface area contributed by atoms with Crippen LogP contribution in [0.4, 0.5) is 0 Å². The van der Waals surface area contributed by atoms with Crippen LogP contribution < -0.4 is 16.0 Å². The van der Waals surface area contributed by atoms with Gasteiger partial charge >= 0.3 is 0 Å². The minimum Gasteiger partial charge on any atom is -0.389 e. The maximum Gasteiger partial charge on any atom is 0.267 e. The first kappa shape index (κ1) is 25.0. The fourth-order valence-electron chi connectivity index (χ4n) is 3.63. The van der Waals surface area contributed by atoms with Crippen LogP contribution in [0.2, 0.25) is 0 Å². The van der Waals surface area contributed by atoms with Crippen LogP contribution in [-0.4, -0.2) is 46.7 Å². The molecule has 0 aromatic heterocycles. The van der Waals surface area contributed by atoms with E-state index in [1.54, 1.807) is 24.3 Å². The zero-order chi connectivity index (χ0) is 24.7. The van der Waals surface area contributed by atoms with Crippen LogP contribution in [0.15, 0.2) is 66.7 Å². The van der Waals surface area contributed by atoms with E-state index < -0.39 is 30.6 Å². The van der Waals surface area contributed by atoms with Gasteiger partial charge in [-0.15, -0.1) is 0 Å². The molecule has 0 bridgehead atoms. The highest BCUT2D eigenvalue weighted by atomic mass is 16.3. The summed E-state index contributed by atoms with van der Waals surface area (Å²) < 4.78 is 0. The summed E-state index contributed by atoms with van der Waals surface area (Å²) in [6.07, 6.45) is 0. The highest BCUT2D eigenvalue weighted by Gasteiger charge is 2.30. The number of carbonyl (C=O) groups is 3. The number of amides is 2. The smallest absolute Gasteiger partial charge is 0.267 e. The SMILES string of the molecule is C[C@@H](NC(=O)c1ccccc1CNC(C)(O)C(=O)NCC(=O)CO)c1cccc2ccccc12. The molecule has 0 aliphatic heterocycles. The maximum atomic E-state index is 13.1. The Morgan fingerprint density at radius 2 is 1.65 bits per heavy atom. The van der Waals surface area contributed by atoms with Crippen LogP contribution in [0, 0.1) is 0 Å². The fraction of sp³-hybridized carbons (Fsp3) is 0.269. The average molecular weight is 464 g/mol. The third kappa shape index (κ3) is 6.05. The molecule has 8 nitrogen and oxygen atoms in total. The number of hydrogen-bond donors (Lipinski definition) is 5. The number of hydrogen-bond acceptors (Lipinski definition) is 6. The average Bonchev–Trinajstić information content (AvgIpc) is 2.85. The van der Waals surface area contributed by atoms with Gasteiger partial charge in [0, 0.05) is 12.1 Å². The molecule has 0 heterocycles. The zero-order valence-corrected chi connectivity index (χ0v) is 19.2. The number of nitrogens with one attached hydrogen (secondary N) is 3. The van der Waals surface area contributed by atoms with Gasteiger partial charge in [0.2, 0.25) is 0 Å². The molecule has 0 saturated carbocycles. The van der Waals surface area contributed by atoms with Gasteiger partial charge in [0.15, 0.2) is 11.5 Å². The first-order valence-corrected chi connectivity index (χ1v) is 11.0. The molecule has 5 N–H and O–H groups in total. The molecule has 0 fully saturated rings. The molecule has 1 unspecified atom stereocenters. The van der Waals surface area contributed by atoms with Crippen LogP contribution in [0.25, 0.3) is 10.8 Å². The summed E-state index contributed by atoms with van der Waals surface area (Å²) in [6.45, 7) is 2.11. The van der Waals surface area contributed by atoms with Crippen LogP contribution in [-0.2, 0) is 16.1 Å². The van der Waals surface area contributed by atoms with Crippen molar-refractivity contribution < 1.29 is 24.6 Å². The largest absolute Gasteiger partial charge is 0.389 e. The highest BCUT2D eigenvalue weighted by molar-refractivity contribution is 5.96. The van der Waals surface area contributed by atoms with Gasteiger partial charge in [-0.05, 0) is 41.8 Å². The molecular formula is C26H29N3O5. The van der Waals surface area contributed by atoms with E-state index in [9.17, 15) is 19.5 Å². The number of carbonyl (C=O) groups excluding carboxylic acids is 3. The molecule has 34 heavy (non-hydrogen) atoms. The lowest BCUT2D eigenvalue weighted by atomic mass is 9.99. The quantitative estimate of drug-likeness (QED) is 0.292. The molecule has 0 spiro atoms. The summed E-state index contributed by atoms with van der Waals surface area (Å²) in [5, 5.41) is 29.4. The molecule has 3 aromatic carbocycles. The molecule has 0 aliphatic carbocycles. The number of rotatable bonds is 10. The summed E-state index contributed by atoms with van der Waals surface area (Å²) in [5.74, 6) is -1.68. The third-order valence-electron chi connectivity index (χ3n) is 5.59. The second kappa shape index (κ2) is 11.0. The van der Waals surface area contributed by atoms with Gasteiger partial charge < -0.3 is 20.8 Å². The number of fused-ring (bicyclic) bond motifs is 1. The Balaban J connectivity index is 1.70. The molecule has 3 aromatic rings. The first-order valence-electron chi connectivity index (χ1n) is 11.0. The molecule has 2 atom stereocenters. The number of ketones is 1. The van der Waals surface area contributed by atoms with Crippen molar-refractivity contribution in [2.75, 3.05) is 13.2 Å². The molecule has 0 saturated heterocycles. The predicted octanol–water partition coefficient (Wildman–Crippen LogP) is 1.81. The lowest BCUT2D eigenvalue weighted by Gasteiger charge is -2.24. The highest BCUT2D eigenvalue weighted by Crippen LogP contribution is 2.24. The van der Waals surface area contributed by atoms with Gasteiger partial charge in [-0.25, -0.2) is 0 Å². The van der Waals surface area contributed by atoms with Crippen LogP contribution in [0.3, 0.4) is 0 Å². The van der Waals surface area contributed by atoms with Gasteiger partial charge in [-0.3, -0.25) is 19.7 Å². The van der Waals surface area contributed by atoms with Crippen molar-refractivity contribution in [3.8, 4) is 0 Å². The van der Waals surface area contributed by atoms with Crippen molar-refractivity contribution in [1.29, 1.82) is 0 Å². The Morgan fingerprint density at radius 1 is 0.971 bits per heavy atom. The van der Waals surface area contributed by atoms with Gasteiger partial charge in [0.05, 0.1) is 12.6 Å². The standard InChI is InChI=1S/C26H29N3O5/c1-17(21-13-7-10-18-8-3-5-11-22(18)21)29-24(32)23-12-6-4-9-19(23)14-28-26(2,34)25(33)27-15-20(31)16-30/h3-13,17,28,30,34H,14-16H2,1-2H3,(H,27,33)(H,29,32)/t17-,26?/m1/s1. The summed E-state index contributed by atoms with van der Waals surface area (Å²) in [6, 6.07) is 20.6. The number of Topliss-reactive ketones (excluding diaryl/α,β-unsaturated/α-hetero) is 1. The Morgan fingerprint density at radius 3 is 2.41 bits per heavy atom. The van der Waals surface area contributed by atoms with E-state index in [1.807, 2.05) is 49.4 Å². The van der Waals surface area contributed by atoms with E-state index in [0.29, 0.717) is 11.1 Å². The van der Waals surface area contributed by atoms with Crippen LogP contribution in [0.1, 0.15) is 41.4 Å². The second-order valence-electron chi connectivity index (χ2n) is 8.23. The van der Waals surface area contributed by atoms with E-state index in [4.69, 9.17) is 5.11 Å². The van der Waals surface area contributed by atoms with Crippen molar-refractivity contribution in [2.45, 2.75) is 32.2 Å². The minimum absolute atomic E-state index is 0.0284. The summed E-state index contributed by atoms with van der Waals surface area (Å²) in [4.78, 5) is 36.5. The molecule has 3 rings (SSSR count). The van der Waals surface area contributed by atoms with E-state index in [-0.39, 0.29) is 18.5 Å². The predicted molar refractivity (Wildman–Crippen MR) is 129 cm³/mol. The lowest BCUT2D eigenvalue weighted by molar-refractivity contribution is -0.142. The molecule has 0 radical (unpaired) electrons. The second-order valence-corrected chi connectivity index (χ2v) is 8.23. The minimum atomic E-state index is -1.99. The molecule has 2 amide bonds. The van der Waals surface area contributed by atoms with Gasteiger partial charge in [-0.2, -0.15) is 0 Å². The summed E-state index contributed by atoms with van der Waals surface area (Å²) in [5.41, 5.74) is 0.00715. The number of benzene rings is 3. The van der Waals surface area contributed by atoms with Crippen LogP contribution >= 0.6 is 0 Å². The Labute approximate surface area is 198 Å². The van der Waals surface area contributed by atoms with E-state index in [2.05, 4.69) is 16.0 Å². The molecular weight excluding hydrogens is 434 g/mol. The van der Waals surface area contributed by atoms with E-state index >= 15 is 0 Å². The van der Waals surface area contributed by atoms with Crippen molar-refractivity contribution >= 4 is 28.4 Å². The monoisotopic (exact) mass is 463 g/mol. The Bertz CT molecular complexity index is 1190. The summed E-state index contributed by atoms with van der Waals surface area (Å²) in [7, 11) is 0. The Kier molecular flexibility index (Phi) is 8.12. The maximum absolute atomic E-state index is 13.1. The fourth-order valence-corrected chi connectivity index (χ4v) is 3.63. The van der Waals surface area contributed by atoms with Crippen molar-refractivity contribution in [3.05, 3.63) is 83.4 Å². The van der Waals surface area contributed by atoms with Crippen molar-refractivity contribution in [1.82, 2.24) is 16.0 Å². The van der Waals surface area contributed by atoms with E-state index in [0.717, 1.165) is 16.3 Å². The summed E-state index contributed by atoms with van der Waals surface area (Å²) >= 11 is 0. The van der Waals surface area contributed by atoms with Crippen molar-refractivity contribution in [3.63, 3.8) is 0 Å². The normalized spacial score (nSPS) is 13.6. The molecule has 178 valence electrons.